The lowest BCUT2D eigenvalue weighted by Gasteiger charge is -2.13. The number of hydrogen-bond acceptors (Lipinski definition) is 7. The summed E-state index contributed by atoms with van der Waals surface area (Å²) >= 11 is 2.65. The van der Waals surface area contributed by atoms with Crippen LogP contribution in [0, 0.1) is 0 Å². The Kier molecular flexibility index (Phi) is 6.46. The molecule has 25 heavy (non-hydrogen) atoms. The van der Waals surface area contributed by atoms with Gasteiger partial charge in [-0.2, -0.15) is 0 Å². The molecule has 0 spiro atoms. The van der Waals surface area contributed by atoms with E-state index in [-0.39, 0.29) is 23.3 Å². The van der Waals surface area contributed by atoms with Crippen molar-refractivity contribution < 1.29 is 14.3 Å². The number of carbonyl (C=O) groups is 1. The topological polar surface area (TPSA) is 82.4 Å². The van der Waals surface area contributed by atoms with Crippen LogP contribution in [0.5, 0.6) is 0 Å². The first-order valence-electron chi connectivity index (χ1n) is 8.17. The van der Waals surface area contributed by atoms with Gasteiger partial charge >= 0.3 is 0 Å². The molecule has 0 radical (unpaired) electrons. The Bertz CT molecular complexity index is 783. The third-order valence-corrected chi connectivity index (χ3v) is 5.80. The molecule has 1 aliphatic rings. The quantitative estimate of drug-likeness (QED) is 0.549. The van der Waals surface area contributed by atoms with Crippen molar-refractivity contribution in [2.24, 2.45) is 0 Å². The number of hydrogen-bond donors (Lipinski definition) is 1. The van der Waals surface area contributed by atoms with E-state index in [1.54, 1.807) is 11.7 Å². The maximum absolute atomic E-state index is 12.6. The first-order chi connectivity index (χ1) is 12.2. The largest absolute Gasteiger partial charge is 0.383 e. The van der Waals surface area contributed by atoms with Crippen LogP contribution in [0.3, 0.4) is 0 Å². The Balaban J connectivity index is 1.66. The summed E-state index contributed by atoms with van der Waals surface area (Å²) in [6.07, 6.45) is 2.15. The van der Waals surface area contributed by atoms with Crippen LogP contribution in [0.1, 0.15) is 12.8 Å². The minimum absolute atomic E-state index is 0.0840. The predicted octanol–water partition coefficient (Wildman–Crippen LogP) is 1.49. The first-order valence-corrected chi connectivity index (χ1v) is 10.0. The number of nitrogens with zero attached hydrogens (tertiary/aromatic N) is 2. The SMILES string of the molecule is COCCn1c(SCC(=O)NC[C@H]2CCCO2)nc2ccsc2c1=O. The zero-order valence-electron chi connectivity index (χ0n) is 14.0. The molecule has 3 rings (SSSR count). The fraction of sp³-hybridized carbons (Fsp3) is 0.562. The maximum atomic E-state index is 12.6. The summed E-state index contributed by atoms with van der Waals surface area (Å²) < 4.78 is 12.8. The van der Waals surface area contributed by atoms with Crippen molar-refractivity contribution in [3.8, 4) is 0 Å². The molecule has 0 saturated carbocycles. The molecular formula is C16H21N3O4S2. The molecule has 1 atom stereocenters. The molecule has 1 saturated heterocycles. The van der Waals surface area contributed by atoms with Gasteiger partial charge in [0.2, 0.25) is 5.91 Å². The van der Waals surface area contributed by atoms with E-state index in [4.69, 9.17) is 9.47 Å². The highest BCUT2D eigenvalue weighted by atomic mass is 32.2. The van der Waals surface area contributed by atoms with Crippen LogP contribution in [-0.2, 0) is 20.8 Å². The fourth-order valence-electron chi connectivity index (χ4n) is 2.63. The third-order valence-electron chi connectivity index (χ3n) is 3.93. The normalized spacial score (nSPS) is 17.2. The first kappa shape index (κ1) is 18.4. The van der Waals surface area contributed by atoms with Gasteiger partial charge < -0.3 is 14.8 Å². The van der Waals surface area contributed by atoms with Crippen molar-refractivity contribution in [1.82, 2.24) is 14.9 Å². The monoisotopic (exact) mass is 383 g/mol. The van der Waals surface area contributed by atoms with E-state index in [9.17, 15) is 9.59 Å². The summed E-state index contributed by atoms with van der Waals surface area (Å²) in [5.41, 5.74) is 0.588. The molecule has 3 heterocycles. The minimum Gasteiger partial charge on any atom is -0.383 e. The number of aromatic nitrogens is 2. The number of rotatable bonds is 8. The number of fused-ring (bicyclic) bond motifs is 1. The second kappa shape index (κ2) is 8.79. The van der Waals surface area contributed by atoms with Crippen molar-refractivity contribution in [1.29, 1.82) is 0 Å². The van der Waals surface area contributed by atoms with Crippen molar-refractivity contribution in [2.45, 2.75) is 30.6 Å². The number of thioether (sulfide) groups is 1. The van der Waals surface area contributed by atoms with E-state index < -0.39 is 0 Å². The predicted molar refractivity (Wildman–Crippen MR) is 98.5 cm³/mol. The fourth-order valence-corrected chi connectivity index (χ4v) is 4.26. The number of nitrogens with one attached hydrogen (secondary N) is 1. The molecular weight excluding hydrogens is 362 g/mol. The second-order valence-corrected chi connectivity index (χ2v) is 7.57. The van der Waals surface area contributed by atoms with Gasteiger partial charge in [0, 0.05) is 20.3 Å². The van der Waals surface area contributed by atoms with Crippen molar-refractivity contribution in [2.75, 3.05) is 32.6 Å². The van der Waals surface area contributed by atoms with Gasteiger partial charge in [-0.05, 0) is 24.3 Å². The van der Waals surface area contributed by atoms with Gasteiger partial charge in [-0.25, -0.2) is 4.98 Å². The van der Waals surface area contributed by atoms with Gasteiger partial charge in [-0.15, -0.1) is 11.3 Å². The van der Waals surface area contributed by atoms with Gasteiger partial charge in [0.1, 0.15) is 4.70 Å². The molecule has 1 aliphatic heterocycles. The average Bonchev–Trinajstić information content (AvgIpc) is 3.29. The van der Waals surface area contributed by atoms with Crippen LogP contribution in [0.2, 0.25) is 0 Å². The number of amides is 1. The van der Waals surface area contributed by atoms with E-state index in [1.807, 2.05) is 11.4 Å². The van der Waals surface area contributed by atoms with E-state index >= 15 is 0 Å². The van der Waals surface area contributed by atoms with Gasteiger partial charge in [-0.1, -0.05) is 11.8 Å². The molecule has 2 aromatic rings. The smallest absolute Gasteiger partial charge is 0.272 e. The minimum atomic E-state index is -0.0848. The van der Waals surface area contributed by atoms with Crippen molar-refractivity contribution in [3.63, 3.8) is 0 Å². The summed E-state index contributed by atoms with van der Waals surface area (Å²) in [7, 11) is 1.59. The molecule has 0 unspecified atom stereocenters. The summed E-state index contributed by atoms with van der Waals surface area (Å²) in [5, 5.41) is 5.27. The molecule has 1 amide bonds. The van der Waals surface area contributed by atoms with Gasteiger partial charge in [0.25, 0.3) is 5.56 Å². The Hall–Kier alpha value is -1.42. The highest BCUT2D eigenvalue weighted by molar-refractivity contribution is 7.99. The number of thiophene rings is 1. The standard InChI is InChI=1S/C16H21N3O4S2/c1-22-7-5-19-15(21)14-12(4-8-24-14)18-16(19)25-10-13(20)17-9-11-3-2-6-23-11/h4,8,11H,2-3,5-7,9-10H2,1H3,(H,17,20)/t11-/m1/s1. The van der Waals surface area contributed by atoms with Crippen LogP contribution in [0.25, 0.3) is 10.2 Å². The Morgan fingerprint density at radius 3 is 3.24 bits per heavy atom. The summed E-state index contributed by atoms with van der Waals surface area (Å²) in [5.74, 6) is 0.125. The second-order valence-electron chi connectivity index (χ2n) is 5.71. The molecule has 1 N–H and O–H groups in total. The van der Waals surface area contributed by atoms with Crippen LogP contribution < -0.4 is 10.9 Å². The van der Waals surface area contributed by atoms with Crippen LogP contribution in [-0.4, -0.2) is 54.2 Å². The van der Waals surface area contributed by atoms with Crippen LogP contribution >= 0.6 is 23.1 Å². The lowest BCUT2D eigenvalue weighted by Crippen LogP contribution is -2.33. The summed E-state index contributed by atoms with van der Waals surface area (Å²) in [4.78, 5) is 29.2. The highest BCUT2D eigenvalue weighted by Crippen LogP contribution is 2.20. The van der Waals surface area contributed by atoms with Crippen LogP contribution in [0.15, 0.2) is 21.4 Å². The Labute approximate surface area is 153 Å². The molecule has 0 aliphatic carbocycles. The van der Waals surface area contributed by atoms with E-state index in [0.717, 1.165) is 19.4 Å². The van der Waals surface area contributed by atoms with Gasteiger partial charge in [0.15, 0.2) is 5.16 Å². The van der Waals surface area contributed by atoms with E-state index in [1.165, 1.54) is 23.1 Å². The summed E-state index contributed by atoms with van der Waals surface area (Å²) in [6.45, 7) is 2.13. The zero-order valence-corrected chi connectivity index (χ0v) is 15.7. The number of carbonyl (C=O) groups excluding carboxylic acids is 1. The van der Waals surface area contributed by atoms with E-state index in [0.29, 0.717) is 35.1 Å². The van der Waals surface area contributed by atoms with Crippen molar-refractivity contribution in [3.05, 3.63) is 21.8 Å². The Morgan fingerprint density at radius 2 is 2.48 bits per heavy atom. The number of methoxy groups -OCH3 is 1. The molecule has 2 aromatic heterocycles. The van der Waals surface area contributed by atoms with Gasteiger partial charge in [0.05, 0.1) is 30.5 Å². The maximum Gasteiger partial charge on any atom is 0.272 e. The molecule has 0 aromatic carbocycles. The zero-order chi connectivity index (χ0) is 17.6. The van der Waals surface area contributed by atoms with Crippen LogP contribution in [0.4, 0.5) is 0 Å². The molecule has 9 heteroatoms. The highest BCUT2D eigenvalue weighted by Gasteiger charge is 2.17. The lowest BCUT2D eigenvalue weighted by atomic mass is 10.2. The molecule has 7 nitrogen and oxygen atoms in total. The summed E-state index contributed by atoms with van der Waals surface area (Å²) in [6, 6.07) is 1.82. The average molecular weight is 383 g/mol. The molecule has 1 fully saturated rings. The lowest BCUT2D eigenvalue weighted by molar-refractivity contribution is -0.119. The number of ether oxygens (including phenoxy) is 2. The van der Waals surface area contributed by atoms with Gasteiger partial charge in [-0.3, -0.25) is 14.2 Å². The third kappa shape index (κ3) is 4.60. The molecule has 0 bridgehead atoms. The van der Waals surface area contributed by atoms with E-state index in [2.05, 4.69) is 10.3 Å². The van der Waals surface area contributed by atoms with Crippen molar-refractivity contribution >= 4 is 39.2 Å². The Morgan fingerprint density at radius 1 is 1.60 bits per heavy atom. The molecule has 136 valence electrons.